The molecule has 2 unspecified atom stereocenters. The van der Waals surface area contributed by atoms with Gasteiger partial charge in [0.25, 0.3) is 0 Å². The molecule has 0 bridgehead atoms. The van der Waals surface area contributed by atoms with Crippen molar-refractivity contribution in [3.8, 4) is 0 Å². The van der Waals surface area contributed by atoms with E-state index in [1.807, 2.05) is 5.01 Å². The second-order valence-corrected chi connectivity index (χ2v) is 4.72. The average molecular weight is 227 g/mol. The Morgan fingerprint density at radius 1 is 1.31 bits per heavy atom. The molecule has 2 heterocycles. The summed E-state index contributed by atoms with van der Waals surface area (Å²) in [4.78, 5) is 11.1. The van der Waals surface area contributed by atoms with E-state index in [2.05, 4.69) is 10.7 Å². The highest BCUT2D eigenvalue weighted by molar-refractivity contribution is 5.73. The zero-order valence-electron chi connectivity index (χ0n) is 9.61. The molecule has 5 heteroatoms. The topological polar surface area (TPSA) is 64.6 Å². The quantitative estimate of drug-likeness (QED) is 0.642. The van der Waals surface area contributed by atoms with Crippen LogP contribution >= 0.6 is 0 Å². The fraction of sp³-hybridized carbons (Fsp3) is 0.909. The Balaban J connectivity index is 1.87. The molecule has 0 aromatic rings. The summed E-state index contributed by atoms with van der Waals surface area (Å²) in [6.07, 6.45) is 5.19. The molecule has 0 spiro atoms. The number of nitrogens with zero attached hydrogens (tertiary/aromatic N) is 1. The largest absolute Gasteiger partial charge is 0.480 e. The van der Waals surface area contributed by atoms with Crippen LogP contribution in [0.2, 0.25) is 0 Å². The lowest BCUT2D eigenvalue weighted by Crippen LogP contribution is -2.58. The van der Waals surface area contributed by atoms with E-state index in [0.29, 0.717) is 6.04 Å². The van der Waals surface area contributed by atoms with E-state index in [-0.39, 0.29) is 6.04 Å². The normalized spacial score (nSPS) is 32.5. The molecule has 92 valence electrons. The molecule has 5 nitrogen and oxygen atoms in total. The van der Waals surface area contributed by atoms with E-state index in [1.54, 1.807) is 0 Å². The molecule has 2 saturated heterocycles. The van der Waals surface area contributed by atoms with E-state index < -0.39 is 5.97 Å². The molecular weight excluding hydrogens is 206 g/mol. The third-order valence-electron chi connectivity index (χ3n) is 3.43. The van der Waals surface area contributed by atoms with E-state index in [1.165, 1.54) is 6.42 Å². The molecule has 0 saturated carbocycles. The predicted molar refractivity (Wildman–Crippen MR) is 61.0 cm³/mol. The lowest BCUT2D eigenvalue weighted by molar-refractivity contribution is -0.146. The summed E-state index contributed by atoms with van der Waals surface area (Å²) < 4.78 is 0. The van der Waals surface area contributed by atoms with Gasteiger partial charge in [-0.05, 0) is 38.6 Å². The van der Waals surface area contributed by atoms with Crippen molar-refractivity contribution in [3.05, 3.63) is 0 Å². The van der Waals surface area contributed by atoms with Gasteiger partial charge in [0.05, 0.1) is 0 Å². The van der Waals surface area contributed by atoms with Crippen LogP contribution in [0.25, 0.3) is 0 Å². The fourth-order valence-corrected chi connectivity index (χ4v) is 2.54. The summed E-state index contributed by atoms with van der Waals surface area (Å²) in [5.74, 6) is -0.698. The highest BCUT2D eigenvalue weighted by Crippen LogP contribution is 2.16. The van der Waals surface area contributed by atoms with Crippen molar-refractivity contribution in [2.75, 3.05) is 19.6 Å². The second kappa shape index (κ2) is 5.61. The van der Waals surface area contributed by atoms with Gasteiger partial charge in [0.2, 0.25) is 0 Å². The van der Waals surface area contributed by atoms with Gasteiger partial charge in [-0.15, -0.1) is 0 Å². The summed E-state index contributed by atoms with van der Waals surface area (Å²) in [5.41, 5.74) is 3.38. The van der Waals surface area contributed by atoms with Crippen LogP contribution < -0.4 is 10.7 Å². The molecule has 2 fully saturated rings. The molecule has 2 atom stereocenters. The minimum Gasteiger partial charge on any atom is -0.480 e. The van der Waals surface area contributed by atoms with Crippen molar-refractivity contribution >= 4 is 5.97 Å². The van der Waals surface area contributed by atoms with Gasteiger partial charge >= 0.3 is 5.97 Å². The number of nitrogens with one attached hydrogen (secondary N) is 2. The highest BCUT2D eigenvalue weighted by Gasteiger charge is 2.30. The van der Waals surface area contributed by atoms with Crippen LogP contribution in [0.3, 0.4) is 0 Å². The Labute approximate surface area is 96.2 Å². The van der Waals surface area contributed by atoms with Gasteiger partial charge in [0.15, 0.2) is 0 Å². The van der Waals surface area contributed by atoms with E-state index in [4.69, 9.17) is 5.11 Å². The molecule has 0 amide bonds. The molecule has 2 aliphatic heterocycles. The van der Waals surface area contributed by atoms with Crippen LogP contribution in [0.15, 0.2) is 0 Å². The zero-order valence-corrected chi connectivity index (χ0v) is 9.61. The molecule has 0 aromatic carbocycles. The maximum absolute atomic E-state index is 11.1. The van der Waals surface area contributed by atoms with Crippen molar-refractivity contribution < 1.29 is 9.90 Å². The van der Waals surface area contributed by atoms with Crippen molar-refractivity contribution in [2.45, 2.75) is 44.2 Å². The molecular formula is C11H21N3O2. The predicted octanol–water partition coefficient (Wildman–Crippen LogP) is 0.182. The van der Waals surface area contributed by atoms with Crippen LogP contribution in [-0.4, -0.2) is 47.8 Å². The van der Waals surface area contributed by atoms with Crippen LogP contribution in [0.5, 0.6) is 0 Å². The van der Waals surface area contributed by atoms with Crippen LogP contribution in [0.1, 0.15) is 32.1 Å². The fourth-order valence-electron chi connectivity index (χ4n) is 2.54. The number of carboxylic acid groups (broad SMARTS) is 1. The molecule has 2 aliphatic rings. The minimum absolute atomic E-state index is 0.337. The van der Waals surface area contributed by atoms with Gasteiger partial charge < -0.3 is 10.4 Å². The Morgan fingerprint density at radius 2 is 2.19 bits per heavy atom. The molecule has 2 rings (SSSR count). The van der Waals surface area contributed by atoms with Gasteiger partial charge in [0.1, 0.15) is 6.04 Å². The first-order valence-electron chi connectivity index (χ1n) is 6.23. The van der Waals surface area contributed by atoms with Crippen molar-refractivity contribution in [3.63, 3.8) is 0 Å². The summed E-state index contributed by atoms with van der Waals surface area (Å²) in [6, 6.07) is 0.0596. The van der Waals surface area contributed by atoms with Crippen molar-refractivity contribution in [2.24, 2.45) is 0 Å². The molecule has 0 radical (unpaired) electrons. The number of hydrogen-bond acceptors (Lipinski definition) is 4. The van der Waals surface area contributed by atoms with Gasteiger partial charge in [-0.2, -0.15) is 0 Å². The molecule has 3 N–H and O–H groups in total. The van der Waals surface area contributed by atoms with Gasteiger partial charge in [0, 0.05) is 19.1 Å². The maximum Gasteiger partial charge on any atom is 0.322 e. The number of hydrazine groups is 1. The number of carbonyl (C=O) groups is 1. The molecule has 0 aromatic heterocycles. The summed E-state index contributed by atoms with van der Waals surface area (Å²) in [7, 11) is 0. The highest BCUT2D eigenvalue weighted by atomic mass is 16.4. The average Bonchev–Trinajstić information content (AvgIpc) is 2.31. The van der Waals surface area contributed by atoms with Crippen LogP contribution in [0.4, 0.5) is 0 Å². The monoisotopic (exact) mass is 227 g/mol. The van der Waals surface area contributed by atoms with Crippen LogP contribution in [-0.2, 0) is 4.79 Å². The smallest absolute Gasteiger partial charge is 0.322 e. The van der Waals surface area contributed by atoms with Gasteiger partial charge in [-0.25, -0.2) is 5.01 Å². The second-order valence-electron chi connectivity index (χ2n) is 4.72. The Hall–Kier alpha value is -0.650. The number of piperidine rings is 2. The van der Waals surface area contributed by atoms with E-state index in [0.717, 1.165) is 45.3 Å². The number of rotatable bonds is 3. The summed E-state index contributed by atoms with van der Waals surface area (Å²) >= 11 is 0. The van der Waals surface area contributed by atoms with Gasteiger partial charge in [-0.3, -0.25) is 10.2 Å². The Bertz CT molecular complexity index is 241. The van der Waals surface area contributed by atoms with Crippen molar-refractivity contribution in [1.29, 1.82) is 0 Å². The molecule has 0 aliphatic carbocycles. The van der Waals surface area contributed by atoms with E-state index in [9.17, 15) is 4.79 Å². The lowest BCUT2D eigenvalue weighted by atomic mass is 10.0. The zero-order chi connectivity index (χ0) is 11.4. The first-order chi connectivity index (χ1) is 7.77. The third-order valence-corrected chi connectivity index (χ3v) is 3.43. The number of aliphatic carboxylic acids is 1. The SMILES string of the molecule is O=C(O)C1CCCCN1NC1CCCNC1. The summed E-state index contributed by atoms with van der Waals surface area (Å²) in [6.45, 7) is 2.89. The minimum atomic E-state index is -0.698. The Kier molecular flexibility index (Phi) is 4.15. The first-order valence-corrected chi connectivity index (χ1v) is 6.23. The maximum atomic E-state index is 11.1. The Morgan fingerprint density at radius 3 is 2.88 bits per heavy atom. The summed E-state index contributed by atoms with van der Waals surface area (Å²) in [5, 5.41) is 14.4. The molecule has 16 heavy (non-hydrogen) atoms. The standard InChI is InChI=1S/C11H21N3O2/c15-11(16)10-5-1-2-7-14(10)13-9-4-3-6-12-8-9/h9-10,12-13H,1-8H2,(H,15,16). The van der Waals surface area contributed by atoms with Gasteiger partial charge in [-0.1, -0.05) is 0 Å². The van der Waals surface area contributed by atoms with Crippen molar-refractivity contribution in [1.82, 2.24) is 15.8 Å². The third kappa shape index (κ3) is 2.93. The first kappa shape index (κ1) is 11.8. The lowest BCUT2D eigenvalue weighted by Gasteiger charge is -2.37. The number of carboxylic acids is 1. The number of hydrogen-bond donors (Lipinski definition) is 3. The van der Waals surface area contributed by atoms with Crippen LogP contribution in [0, 0.1) is 0 Å². The van der Waals surface area contributed by atoms with E-state index >= 15 is 0 Å².